The van der Waals surface area contributed by atoms with Gasteiger partial charge in [0.05, 0.1) is 16.3 Å². The number of nitrogens with zero attached hydrogens (tertiary/aromatic N) is 1. The summed E-state index contributed by atoms with van der Waals surface area (Å²) in [5, 5.41) is 8.97. The minimum absolute atomic E-state index is 0.0529. The number of sulfonamides is 1. The van der Waals surface area contributed by atoms with Crippen molar-refractivity contribution < 1.29 is 8.42 Å². The minimum atomic E-state index is -3.79. The Labute approximate surface area is 135 Å². The van der Waals surface area contributed by atoms with E-state index in [1.807, 2.05) is 6.07 Å². The van der Waals surface area contributed by atoms with E-state index in [1.54, 1.807) is 0 Å². The van der Waals surface area contributed by atoms with Crippen molar-refractivity contribution in [3.05, 3.63) is 51.5 Å². The van der Waals surface area contributed by atoms with Gasteiger partial charge >= 0.3 is 0 Å². The zero-order valence-corrected chi connectivity index (χ0v) is 13.6. The second kappa shape index (κ2) is 5.93. The molecule has 0 aliphatic heterocycles. The molecule has 0 saturated heterocycles. The molecule has 0 saturated carbocycles. The lowest BCUT2D eigenvalue weighted by molar-refractivity contribution is 0.601. The third kappa shape index (κ3) is 3.47. The zero-order valence-electron chi connectivity index (χ0n) is 10.5. The van der Waals surface area contributed by atoms with Gasteiger partial charge in [0.15, 0.2) is 0 Å². The Morgan fingerprint density at radius 2 is 1.95 bits per heavy atom. The van der Waals surface area contributed by atoms with Gasteiger partial charge in [-0.05, 0) is 52.3 Å². The molecule has 108 valence electrons. The standard InChI is InChI=1S/C13H9BrClN3O2S/c14-11-5-9(17)2-4-13(11)21(19,20)18-10-3-1-8(7-16)12(15)6-10/h1-6,18H,17H2. The van der Waals surface area contributed by atoms with Crippen LogP contribution in [0.4, 0.5) is 11.4 Å². The van der Waals surface area contributed by atoms with Gasteiger partial charge in [-0.25, -0.2) is 8.42 Å². The summed E-state index contributed by atoms with van der Waals surface area (Å²) < 4.78 is 27.4. The smallest absolute Gasteiger partial charge is 0.263 e. The van der Waals surface area contributed by atoms with E-state index in [-0.39, 0.29) is 21.2 Å². The normalized spacial score (nSPS) is 10.9. The molecule has 0 spiro atoms. The van der Waals surface area contributed by atoms with Crippen LogP contribution in [0, 0.1) is 11.3 Å². The molecule has 0 fully saturated rings. The van der Waals surface area contributed by atoms with Crippen molar-refractivity contribution >= 4 is 48.9 Å². The van der Waals surface area contributed by atoms with Crippen LogP contribution >= 0.6 is 27.5 Å². The van der Waals surface area contributed by atoms with Crippen LogP contribution in [0.3, 0.4) is 0 Å². The lowest BCUT2D eigenvalue weighted by atomic mass is 10.2. The van der Waals surface area contributed by atoms with E-state index in [9.17, 15) is 8.42 Å². The molecule has 0 aromatic heterocycles. The van der Waals surface area contributed by atoms with Gasteiger partial charge in [-0.3, -0.25) is 4.72 Å². The molecule has 0 unspecified atom stereocenters. The summed E-state index contributed by atoms with van der Waals surface area (Å²) in [4.78, 5) is 0.0529. The maximum absolute atomic E-state index is 12.3. The number of nitriles is 1. The van der Waals surface area contributed by atoms with Crippen LogP contribution in [-0.4, -0.2) is 8.42 Å². The molecule has 0 amide bonds. The van der Waals surface area contributed by atoms with Gasteiger partial charge in [0.2, 0.25) is 0 Å². The second-order valence-corrected chi connectivity index (χ2v) is 7.01. The van der Waals surface area contributed by atoms with E-state index in [4.69, 9.17) is 22.6 Å². The SMILES string of the molecule is N#Cc1ccc(NS(=O)(=O)c2ccc(N)cc2Br)cc1Cl. The molecule has 2 rings (SSSR count). The molecule has 21 heavy (non-hydrogen) atoms. The summed E-state index contributed by atoms with van der Waals surface area (Å²) in [5.74, 6) is 0. The predicted octanol–water partition coefficient (Wildman–Crippen LogP) is 3.36. The number of nitrogens with one attached hydrogen (secondary N) is 1. The van der Waals surface area contributed by atoms with Crippen LogP contribution in [0.5, 0.6) is 0 Å². The van der Waals surface area contributed by atoms with Gasteiger partial charge in [-0.15, -0.1) is 0 Å². The van der Waals surface area contributed by atoms with Gasteiger partial charge < -0.3 is 5.73 Å². The Kier molecular flexibility index (Phi) is 4.42. The molecule has 5 nitrogen and oxygen atoms in total. The third-order valence-electron chi connectivity index (χ3n) is 2.59. The first kappa shape index (κ1) is 15.6. The number of hydrogen-bond donors (Lipinski definition) is 2. The van der Waals surface area contributed by atoms with Crippen molar-refractivity contribution in [2.75, 3.05) is 10.5 Å². The number of hydrogen-bond acceptors (Lipinski definition) is 4. The van der Waals surface area contributed by atoms with Gasteiger partial charge in [0, 0.05) is 10.2 Å². The summed E-state index contributed by atoms with van der Waals surface area (Å²) in [6, 6.07) is 10.6. The van der Waals surface area contributed by atoms with Crippen molar-refractivity contribution in [1.29, 1.82) is 5.26 Å². The average molecular weight is 387 g/mol. The van der Waals surface area contributed by atoms with Crippen molar-refractivity contribution in [1.82, 2.24) is 0 Å². The summed E-state index contributed by atoms with van der Waals surface area (Å²) in [5.41, 5.74) is 6.57. The second-order valence-electron chi connectivity index (χ2n) is 4.10. The molecular weight excluding hydrogens is 378 g/mol. The van der Waals surface area contributed by atoms with Gasteiger partial charge in [-0.1, -0.05) is 11.6 Å². The molecular formula is C13H9BrClN3O2S. The van der Waals surface area contributed by atoms with Gasteiger partial charge in [-0.2, -0.15) is 5.26 Å². The fraction of sp³-hybridized carbons (Fsp3) is 0. The summed E-state index contributed by atoms with van der Waals surface area (Å²) in [6.45, 7) is 0. The molecule has 0 radical (unpaired) electrons. The van der Waals surface area contributed by atoms with Crippen LogP contribution in [0.15, 0.2) is 45.8 Å². The molecule has 2 aromatic rings. The highest BCUT2D eigenvalue weighted by Crippen LogP contribution is 2.27. The average Bonchev–Trinajstić information content (AvgIpc) is 2.37. The molecule has 8 heteroatoms. The van der Waals surface area contributed by atoms with E-state index in [2.05, 4.69) is 20.7 Å². The molecule has 0 atom stereocenters. The number of halogens is 2. The van der Waals surface area contributed by atoms with Gasteiger partial charge in [0.25, 0.3) is 10.0 Å². The summed E-state index contributed by atoms with van der Waals surface area (Å²) in [7, 11) is -3.79. The monoisotopic (exact) mass is 385 g/mol. The van der Waals surface area contributed by atoms with Crippen molar-refractivity contribution in [2.24, 2.45) is 0 Å². The highest BCUT2D eigenvalue weighted by Gasteiger charge is 2.18. The Bertz CT molecular complexity index is 847. The number of nitrogens with two attached hydrogens (primary N) is 1. The third-order valence-corrected chi connectivity index (χ3v) is 5.26. The molecule has 0 heterocycles. The van der Waals surface area contributed by atoms with Crippen molar-refractivity contribution in [2.45, 2.75) is 4.90 Å². The number of nitrogen functional groups attached to an aromatic ring is 1. The highest BCUT2D eigenvalue weighted by atomic mass is 79.9. The fourth-order valence-corrected chi connectivity index (χ4v) is 3.98. The molecule has 0 aliphatic rings. The first-order valence-electron chi connectivity index (χ1n) is 5.61. The maximum Gasteiger partial charge on any atom is 0.263 e. The topological polar surface area (TPSA) is 96.0 Å². The predicted molar refractivity (Wildman–Crippen MR) is 85.5 cm³/mol. The van der Waals surface area contributed by atoms with E-state index < -0.39 is 10.0 Å². The number of benzene rings is 2. The zero-order chi connectivity index (χ0) is 15.6. The lowest BCUT2D eigenvalue weighted by Crippen LogP contribution is -2.13. The Morgan fingerprint density at radius 1 is 1.24 bits per heavy atom. The number of rotatable bonds is 3. The van der Waals surface area contributed by atoms with E-state index in [0.717, 1.165) is 0 Å². The van der Waals surface area contributed by atoms with Gasteiger partial charge in [0.1, 0.15) is 11.0 Å². The Hall–Kier alpha value is -1.75. The maximum atomic E-state index is 12.3. The molecule has 0 aliphatic carbocycles. The first-order valence-corrected chi connectivity index (χ1v) is 8.26. The summed E-state index contributed by atoms with van der Waals surface area (Å²) in [6.07, 6.45) is 0. The van der Waals surface area contributed by atoms with Crippen LogP contribution < -0.4 is 10.5 Å². The Balaban J connectivity index is 2.38. The van der Waals surface area contributed by atoms with Crippen LogP contribution in [0.2, 0.25) is 5.02 Å². The van der Waals surface area contributed by atoms with E-state index in [1.165, 1.54) is 36.4 Å². The molecule has 3 N–H and O–H groups in total. The van der Waals surface area contributed by atoms with Crippen LogP contribution in [0.1, 0.15) is 5.56 Å². The first-order chi connectivity index (χ1) is 9.83. The number of anilines is 2. The van der Waals surface area contributed by atoms with Crippen molar-refractivity contribution in [3.8, 4) is 6.07 Å². The molecule has 0 bridgehead atoms. The quantitative estimate of drug-likeness (QED) is 0.791. The van der Waals surface area contributed by atoms with Crippen molar-refractivity contribution in [3.63, 3.8) is 0 Å². The van der Waals surface area contributed by atoms with Crippen LogP contribution in [0.25, 0.3) is 0 Å². The highest BCUT2D eigenvalue weighted by molar-refractivity contribution is 9.10. The minimum Gasteiger partial charge on any atom is -0.399 e. The Morgan fingerprint density at radius 3 is 2.52 bits per heavy atom. The fourth-order valence-electron chi connectivity index (χ4n) is 1.61. The van der Waals surface area contributed by atoms with E-state index >= 15 is 0 Å². The van der Waals surface area contributed by atoms with Crippen LogP contribution in [-0.2, 0) is 10.0 Å². The summed E-state index contributed by atoms with van der Waals surface area (Å²) >= 11 is 9.04. The van der Waals surface area contributed by atoms with E-state index in [0.29, 0.717) is 10.2 Å². The largest absolute Gasteiger partial charge is 0.399 e. The molecule has 2 aromatic carbocycles. The lowest BCUT2D eigenvalue weighted by Gasteiger charge is -2.10.